The summed E-state index contributed by atoms with van der Waals surface area (Å²) in [4.78, 5) is 22.7. The molecule has 0 radical (unpaired) electrons. The lowest BCUT2D eigenvalue weighted by molar-refractivity contribution is 0.404. The number of rotatable bonds is 1. The molecule has 3 N–H and O–H groups in total. The molecule has 0 fully saturated rings. The fourth-order valence-electron chi connectivity index (χ4n) is 1.78. The first-order valence-electron chi connectivity index (χ1n) is 5.52. The summed E-state index contributed by atoms with van der Waals surface area (Å²) >= 11 is 0. The van der Waals surface area contributed by atoms with Gasteiger partial charge in [0.25, 0.3) is 5.56 Å². The second-order valence-corrected chi connectivity index (χ2v) is 3.99. The first-order valence-corrected chi connectivity index (χ1v) is 5.52. The van der Waals surface area contributed by atoms with Gasteiger partial charge in [0.1, 0.15) is 5.82 Å². The van der Waals surface area contributed by atoms with Crippen LogP contribution in [0.25, 0.3) is 22.4 Å². The van der Waals surface area contributed by atoms with Crippen LogP contribution in [-0.2, 0) is 0 Å². The maximum Gasteiger partial charge on any atom is 0.260 e. The van der Waals surface area contributed by atoms with Gasteiger partial charge in [0.2, 0.25) is 0 Å². The summed E-state index contributed by atoms with van der Waals surface area (Å²) in [5.41, 5.74) is 0.509. The molecule has 0 aliphatic carbocycles. The van der Waals surface area contributed by atoms with Gasteiger partial charge in [-0.05, 0) is 30.3 Å². The molecule has 2 heterocycles. The third kappa shape index (κ3) is 1.89. The number of phenols is 2. The summed E-state index contributed by atoms with van der Waals surface area (Å²) in [6.45, 7) is 0. The molecule has 94 valence electrons. The molecule has 0 atom stereocenters. The first kappa shape index (κ1) is 11.2. The number of nitrogens with one attached hydrogen (secondary N) is 1. The number of fused-ring (bicyclic) bond motifs is 1. The third-order valence-corrected chi connectivity index (χ3v) is 2.73. The molecule has 6 heteroatoms. The molecule has 0 saturated heterocycles. The number of aromatic nitrogens is 3. The Morgan fingerprint density at radius 3 is 2.74 bits per heavy atom. The van der Waals surface area contributed by atoms with Crippen LogP contribution in [0.5, 0.6) is 11.5 Å². The maximum absolute atomic E-state index is 11.9. The van der Waals surface area contributed by atoms with Crippen molar-refractivity contribution in [1.82, 2.24) is 15.0 Å². The monoisotopic (exact) mass is 255 g/mol. The van der Waals surface area contributed by atoms with E-state index in [1.54, 1.807) is 24.4 Å². The van der Waals surface area contributed by atoms with Crippen molar-refractivity contribution in [2.24, 2.45) is 0 Å². The molecule has 6 nitrogen and oxygen atoms in total. The second-order valence-electron chi connectivity index (χ2n) is 3.99. The van der Waals surface area contributed by atoms with Crippen LogP contribution in [0.2, 0.25) is 0 Å². The molecular weight excluding hydrogens is 246 g/mol. The minimum absolute atomic E-state index is 0.231. The van der Waals surface area contributed by atoms with Crippen molar-refractivity contribution in [2.75, 3.05) is 0 Å². The molecule has 3 aromatic rings. The van der Waals surface area contributed by atoms with Gasteiger partial charge >= 0.3 is 0 Å². The number of aromatic hydroxyl groups is 2. The Hall–Kier alpha value is -2.89. The third-order valence-electron chi connectivity index (χ3n) is 2.73. The van der Waals surface area contributed by atoms with Crippen molar-refractivity contribution in [1.29, 1.82) is 0 Å². The number of phenolic OH excluding ortho intramolecular Hbond substituents is 2. The zero-order valence-corrected chi connectivity index (χ0v) is 9.66. The lowest BCUT2D eigenvalue weighted by atomic mass is 10.2. The summed E-state index contributed by atoms with van der Waals surface area (Å²) < 4.78 is 0. The van der Waals surface area contributed by atoms with Crippen LogP contribution >= 0.6 is 0 Å². The van der Waals surface area contributed by atoms with Crippen LogP contribution in [0, 0.1) is 0 Å². The molecule has 0 aliphatic rings. The van der Waals surface area contributed by atoms with Gasteiger partial charge < -0.3 is 15.2 Å². The zero-order valence-electron chi connectivity index (χ0n) is 9.66. The molecule has 2 aromatic heterocycles. The number of aromatic amines is 1. The molecule has 19 heavy (non-hydrogen) atoms. The Morgan fingerprint density at radius 2 is 1.95 bits per heavy atom. The summed E-state index contributed by atoms with van der Waals surface area (Å²) in [6, 6.07) is 7.48. The van der Waals surface area contributed by atoms with E-state index >= 15 is 0 Å². The van der Waals surface area contributed by atoms with Gasteiger partial charge in [0, 0.05) is 11.8 Å². The molecule has 3 rings (SSSR count). The quantitative estimate of drug-likeness (QED) is 0.571. The van der Waals surface area contributed by atoms with Crippen LogP contribution in [0.3, 0.4) is 0 Å². The maximum atomic E-state index is 11.9. The summed E-state index contributed by atoms with van der Waals surface area (Å²) in [6.07, 6.45) is 1.55. The van der Waals surface area contributed by atoms with Crippen LogP contribution in [-0.4, -0.2) is 25.2 Å². The lowest BCUT2D eigenvalue weighted by Gasteiger charge is -2.04. The van der Waals surface area contributed by atoms with Gasteiger partial charge in [0.05, 0.1) is 5.39 Å². The van der Waals surface area contributed by atoms with E-state index in [2.05, 4.69) is 15.0 Å². The Morgan fingerprint density at radius 1 is 1.11 bits per heavy atom. The van der Waals surface area contributed by atoms with Gasteiger partial charge in [-0.15, -0.1) is 0 Å². The highest BCUT2D eigenvalue weighted by Crippen LogP contribution is 2.28. The van der Waals surface area contributed by atoms with Crippen molar-refractivity contribution >= 4 is 11.0 Å². The second kappa shape index (κ2) is 4.09. The Kier molecular flexibility index (Phi) is 2.42. The lowest BCUT2D eigenvalue weighted by Crippen LogP contribution is -2.10. The van der Waals surface area contributed by atoms with Gasteiger partial charge in [-0.2, -0.15) is 0 Å². The molecule has 0 spiro atoms. The van der Waals surface area contributed by atoms with Crippen molar-refractivity contribution in [3.05, 3.63) is 46.9 Å². The average Bonchev–Trinajstić information content (AvgIpc) is 2.42. The van der Waals surface area contributed by atoms with Gasteiger partial charge in [-0.25, -0.2) is 9.97 Å². The molecule has 1 aromatic carbocycles. The summed E-state index contributed by atoms with van der Waals surface area (Å²) in [7, 11) is 0. The fourth-order valence-corrected chi connectivity index (χ4v) is 1.78. The predicted molar refractivity (Wildman–Crippen MR) is 68.9 cm³/mol. The van der Waals surface area contributed by atoms with Crippen molar-refractivity contribution in [3.8, 4) is 22.9 Å². The van der Waals surface area contributed by atoms with Gasteiger partial charge in [0.15, 0.2) is 17.1 Å². The minimum Gasteiger partial charge on any atom is -0.504 e. The predicted octanol–water partition coefficient (Wildman–Crippen LogP) is 1.40. The number of hydrogen-bond donors (Lipinski definition) is 3. The number of benzene rings is 1. The topological polar surface area (TPSA) is 99.1 Å². The molecule has 0 bridgehead atoms. The van der Waals surface area contributed by atoms with Crippen LogP contribution in [0.1, 0.15) is 0 Å². The van der Waals surface area contributed by atoms with Crippen LogP contribution in [0.4, 0.5) is 0 Å². The summed E-state index contributed by atoms with van der Waals surface area (Å²) in [5.74, 6) is -0.224. The fraction of sp³-hybridized carbons (Fsp3) is 0. The number of nitrogens with zero attached hydrogens (tertiary/aromatic N) is 2. The van der Waals surface area contributed by atoms with Crippen LogP contribution in [0.15, 0.2) is 41.3 Å². The first-order chi connectivity index (χ1) is 9.15. The highest BCUT2D eigenvalue weighted by atomic mass is 16.3. The van der Waals surface area contributed by atoms with E-state index in [-0.39, 0.29) is 22.9 Å². The van der Waals surface area contributed by atoms with E-state index in [1.165, 1.54) is 12.1 Å². The molecular formula is C13H9N3O3. The Bertz CT molecular complexity index is 827. The van der Waals surface area contributed by atoms with Gasteiger partial charge in [-0.3, -0.25) is 4.79 Å². The van der Waals surface area contributed by atoms with Crippen LogP contribution < -0.4 is 5.56 Å². The van der Waals surface area contributed by atoms with E-state index < -0.39 is 0 Å². The molecule has 0 saturated carbocycles. The highest BCUT2D eigenvalue weighted by Gasteiger charge is 2.08. The molecule has 0 amide bonds. The SMILES string of the molecule is O=c1[nH]c(-c2ccc(O)c(O)c2)nc2ncccc12. The van der Waals surface area contributed by atoms with E-state index in [1.807, 2.05) is 0 Å². The van der Waals surface area contributed by atoms with Crippen molar-refractivity contribution in [2.45, 2.75) is 0 Å². The van der Waals surface area contributed by atoms with E-state index in [0.717, 1.165) is 0 Å². The summed E-state index contributed by atoms with van der Waals surface area (Å²) in [5, 5.41) is 19.1. The number of pyridine rings is 1. The number of hydrogen-bond acceptors (Lipinski definition) is 5. The normalized spacial score (nSPS) is 10.7. The standard InChI is InChI=1S/C13H9N3O3/c17-9-4-3-7(6-10(9)18)11-15-12-8(13(19)16-11)2-1-5-14-12/h1-6,17-18H,(H,14,15,16,19). The minimum atomic E-state index is -0.305. The van der Waals surface area contributed by atoms with Crippen molar-refractivity contribution in [3.63, 3.8) is 0 Å². The molecule has 0 unspecified atom stereocenters. The Labute approximate surface area is 107 Å². The molecule has 0 aliphatic heterocycles. The highest BCUT2D eigenvalue weighted by molar-refractivity contribution is 5.75. The smallest absolute Gasteiger partial charge is 0.260 e. The van der Waals surface area contributed by atoms with Crippen molar-refractivity contribution < 1.29 is 10.2 Å². The van der Waals surface area contributed by atoms with E-state index in [4.69, 9.17) is 0 Å². The largest absolute Gasteiger partial charge is 0.504 e. The van der Waals surface area contributed by atoms with Gasteiger partial charge in [-0.1, -0.05) is 0 Å². The Balaban J connectivity index is 2.25. The average molecular weight is 255 g/mol. The van der Waals surface area contributed by atoms with E-state index in [9.17, 15) is 15.0 Å². The number of H-pyrrole nitrogens is 1. The zero-order chi connectivity index (χ0) is 13.4. The van der Waals surface area contributed by atoms with E-state index in [0.29, 0.717) is 16.6 Å².